The summed E-state index contributed by atoms with van der Waals surface area (Å²) in [6.45, 7) is 1.37. The van der Waals surface area contributed by atoms with E-state index < -0.39 is 0 Å². The zero-order chi connectivity index (χ0) is 21.1. The van der Waals surface area contributed by atoms with Gasteiger partial charge in [-0.1, -0.05) is 18.2 Å². The molecule has 4 rings (SSSR count). The van der Waals surface area contributed by atoms with Crippen LogP contribution in [0.1, 0.15) is 52.7 Å². The van der Waals surface area contributed by atoms with E-state index in [-0.39, 0.29) is 36.6 Å². The first-order chi connectivity index (χ1) is 14.6. The number of amides is 2. The molecule has 0 bridgehead atoms. The van der Waals surface area contributed by atoms with Gasteiger partial charge in [0.1, 0.15) is 12.4 Å². The second kappa shape index (κ2) is 8.79. The Balaban J connectivity index is 1.61. The van der Waals surface area contributed by atoms with Gasteiger partial charge in [0.25, 0.3) is 11.5 Å². The monoisotopic (exact) mass is 410 g/mol. The molecule has 0 radical (unpaired) electrons. The molecule has 1 fully saturated rings. The minimum absolute atomic E-state index is 0.00260. The Hall–Kier alpha value is -3.00. The van der Waals surface area contributed by atoms with E-state index in [1.807, 2.05) is 35.2 Å². The number of aromatic nitrogens is 2. The number of H-pyrrole nitrogens is 1. The van der Waals surface area contributed by atoms with Gasteiger partial charge in [-0.05, 0) is 31.4 Å². The van der Waals surface area contributed by atoms with Crippen LogP contribution in [-0.2, 0) is 22.5 Å². The summed E-state index contributed by atoms with van der Waals surface area (Å²) >= 11 is 0. The van der Waals surface area contributed by atoms with Crippen molar-refractivity contribution in [3.63, 3.8) is 0 Å². The molecule has 2 amide bonds. The maximum Gasteiger partial charge on any atom is 0.256 e. The van der Waals surface area contributed by atoms with E-state index in [0.717, 1.165) is 19.3 Å². The molecule has 8 heteroatoms. The first kappa shape index (κ1) is 20.3. The van der Waals surface area contributed by atoms with E-state index in [9.17, 15) is 14.4 Å². The van der Waals surface area contributed by atoms with Crippen LogP contribution < -0.4 is 5.56 Å². The molecule has 158 valence electrons. The van der Waals surface area contributed by atoms with Gasteiger partial charge in [0.2, 0.25) is 5.91 Å². The van der Waals surface area contributed by atoms with Gasteiger partial charge in [-0.3, -0.25) is 14.4 Å². The number of fused-ring (bicyclic) bond motifs is 1. The summed E-state index contributed by atoms with van der Waals surface area (Å²) in [5.74, 6) is 0.356. The molecule has 2 aliphatic heterocycles. The molecule has 30 heavy (non-hydrogen) atoms. The van der Waals surface area contributed by atoms with E-state index >= 15 is 0 Å². The van der Waals surface area contributed by atoms with Crippen LogP contribution in [0.15, 0.2) is 35.1 Å². The van der Waals surface area contributed by atoms with E-state index in [0.29, 0.717) is 42.2 Å². The minimum Gasteiger partial charge on any atom is -0.375 e. The highest BCUT2D eigenvalue weighted by Crippen LogP contribution is 2.30. The van der Waals surface area contributed by atoms with Crippen LogP contribution >= 0.6 is 0 Å². The van der Waals surface area contributed by atoms with Gasteiger partial charge >= 0.3 is 0 Å². The average molecular weight is 410 g/mol. The molecule has 3 heterocycles. The lowest BCUT2D eigenvalue weighted by Crippen LogP contribution is -2.43. The predicted octanol–water partition coefficient (Wildman–Crippen LogP) is 1.67. The average Bonchev–Trinajstić information content (AvgIpc) is 2.79. The van der Waals surface area contributed by atoms with Gasteiger partial charge in [0.15, 0.2) is 0 Å². The Kier molecular flexibility index (Phi) is 5.94. The summed E-state index contributed by atoms with van der Waals surface area (Å²) in [5, 5.41) is 0. The SMILES string of the molecule is COCC(=O)N1CCc2nc(C3CCCCN3C(=O)c3ccccc3)[nH]c(=O)c2C1. The lowest BCUT2D eigenvalue weighted by molar-refractivity contribution is -0.136. The molecule has 2 aromatic rings. The van der Waals surface area contributed by atoms with Gasteiger partial charge in [0.05, 0.1) is 23.8 Å². The summed E-state index contributed by atoms with van der Waals surface area (Å²) in [5.41, 5.74) is 1.64. The van der Waals surface area contributed by atoms with E-state index in [1.54, 1.807) is 4.90 Å². The zero-order valence-electron chi connectivity index (χ0n) is 17.1. The van der Waals surface area contributed by atoms with Crippen LogP contribution in [0.4, 0.5) is 0 Å². The number of ether oxygens (including phenoxy) is 1. The standard InChI is InChI=1S/C22H26N4O4/c1-30-14-19(27)25-12-10-17-16(13-25)21(28)24-20(23-17)18-9-5-6-11-26(18)22(29)15-7-3-2-4-8-15/h2-4,7-8,18H,5-6,9-14H2,1H3,(H,23,24,28). The fourth-order valence-corrected chi connectivity index (χ4v) is 4.24. The molecule has 1 aromatic heterocycles. The Bertz CT molecular complexity index is 988. The van der Waals surface area contributed by atoms with Crippen molar-refractivity contribution < 1.29 is 14.3 Å². The van der Waals surface area contributed by atoms with E-state index in [2.05, 4.69) is 4.98 Å². The number of methoxy groups -OCH3 is 1. The van der Waals surface area contributed by atoms with Crippen molar-refractivity contribution in [2.75, 3.05) is 26.8 Å². The summed E-state index contributed by atoms with van der Waals surface area (Å²) in [4.78, 5) is 49.1. The highest BCUT2D eigenvalue weighted by atomic mass is 16.5. The van der Waals surface area contributed by atoms with Crippen molar-refractivity contribution >= 4 is 11.8 Å². The first-order valence-electron chi connectivity index (χ1n) is 10.3. The van der Waals surface area contributed by atoms with Gasteiger partial charge < -0.3 is 19.5 Å². The Morgan fingerprint density at radius 2 is 2.00 bits per heavy atom. The van der Waals surface area contributed by atoms with Crippen molar-refractivity contribution in [2.45, 2.75) is 38.3 Å². The molecule has 0 spiro atoms. The third kappa shape index (κ3) is 4.00. The third-order valence-corrected chi connectivity index (χ3v) is 5.81. The molecule has 0 saturated carbocycles. The second-order valence-corrected chi connectivity index (χ2v) is 7.75. The molecule has 0 aliphatic carbocycles. The number of carbonyl (C=O) groups is 2. The zero-order valence-corrected chi connectivity index (χ0v) is 17.1. The van der Waals surface area contributed by atoms with Crippen molar-refractivity contribution in [3.05, 3.63) is 63.3 Å². The number of likely N-dealkylation sites (tertiary alicyclic amines) is 1. The maximum atomic E-state index is 13.1. The third-order valence-electron chi connectivity index (χ3n) is 5.81. The highest BCUT2D eigenvalue weighted by Gasteiger charge is 2.32. The van der Waals surface area contributed by atoms with E-state index in [4.69, 9.17) is 9.72 Å². The molecule has 2 aliphatic rings. The Morgan fingerprint density at radius 3 is 2.77 bits per heavy atom. The highest BCUT2D eigenvalue weighted by molar-refractivity contribution is 5.94. The Morgan fingerprint density at radius 1 is 1.20 bits per heavy atom. The topological polar surface area (TPSA) is 95.6 Å². The van der Waals surface area contributed by atoms with Crippen LogP contribution in [0.3, 0.4) is 0 Å². The van der Waals surface area contributed by atoms with Crippen molar-refractivity contribution in [3.8, 4) is 0 Å². The van der Waals surface area contributed by atoms with E-state index in [1.165, 1.54) is 7.11 Å². The predicted molar refractivity (Wildman–Crippen MR) is 110 cm³/mol. The number of nitrogens with one attached hydrogen (secondary N) is 1. The number of hydrogen-bond donors (Lipinski definition) is 1. The van der Waals surface area contributed by atoms with Crippen LogP contribution in [0.5, 0.6) is 0 Å². The van der Waals surface area contributed by atoms with Gasteiger partial charge in [-0.15, -0.1) is 0 Å². The Labute approximate surface area is 174 Å². The summed E-state index contributed by atoms with van der Waals surface area (Å²) in [6, 6.07) is 8.94. The molecule has 1 atom stereocenters. The second-order valence-electron chi connectivity index (χ2n) is 7.75. The van der Waals surface area contributed by atoms with Crippen molar-refractivity contribution in [1.82, 2.24) is 19.8 Å². The number of rotatable bonds is 4. The number of nitrogens with zero attached hydrogens (tertiary/aromatic N) is 3. The van der Waals surface area contributed by atoms with Gasteiger partial charge in [-0.25, -0.2) is 4.98 Å². The smallest absolute Gasteiger partial charge is 0.256 e. The summed E-state index contributed by atoms with van der Waals surface area (Å²) in [7, 11) is 1.48. The fourth-order valence-electron chi connectivity index (χ4n) is 4.24. The summed E-state index contributed by atoms with van der Waals surface area (Å²) in [6.07, 6.45) is 3.18. The van der Waals surface area contributed by atoms with Gasteiger partial charge in [0, 0.05) is 32.2 Å². The van der Waals surface area contributed by atoms with Crippen molar-refractivity contribution in [1.29, 1.82) is 0 Å². The minimum atomic E-state index is -0.252. The van der Waals surface area contributed by atoms with Crippen LogP contribution in [-0.4, -0.2) is 58.4 Å². The number of hydrogen-bond acceptors (Lipinski definition) is 5. The number of carbonyl (C=O) groups excluding carboxylic acids is 2. The van der Waals surface area contributed by atoms with Crippen LogP contribution in [0.2, 0.25) is 0 Å². The molecule has 1 saturated heterocycles. The van der Waals surface area contributed by atoms with Crippen LogP contribution in [0.25, 0.3) is 0 Å². The number of piperidine rings is 1. The molecule has 1 unspecified atom stereocenters. The molecular weight excluding hydrogens is 384 g/mol. The lowest BCUT2D eigenvalue weighted by atomic mass is 9.99. The fraction of sp³-hybridized carbons (Fsp3) is 0.455. The van der Waals surface area contributed by atoms with Crippen molar-refractivity contribution in [2.24, 2.45) is 0 Å². The van der Waals surface area contributed by atoms with Gasteiger partial charge in [-0.2, -0.15) is 0 Å². The largest absolute Gasteiger partial charge is 0.375 e. The summed E-state index contributed by atoms with van der Waals surface area (Å²) < 4.78 is 4.91. The lowest BCUT2D eigenvalue weighted by Gasteiger charge is -2.36. The quantitative estimate of drug-likeness (QED) is 0.827. The maximum absolute atomic E-state index is 13.1. The number of benzene rings is 1. The first-order valence-corrected chi connectivity index (χ1v) is 10.3. The molecule has 1 aromatic carbocycles. The van der Waals surface area contributed by atoms with Crippen LogP contribution in [0, 0.1) is 0 Å². The molecular formula is C22H26N4O4. The molecule has 8 nitrogen and oxygen atoms in total. The molecule has 1 N–H and O–H groups in total. The normalized spacial score (nSPS) is 18.8. The number of aromatic amines is 1.